The van der Waals surface area contributed by atoms with Crippen LogP contribution in [0.5, 0.6) is 0 Å². The van der Waals surface area contributed by atoms with Crippen LogP contribution >= 0.6 is 0 Å². The van der Waals surface area contributed by atoms with E-state index < -0.39 is 10.9 Å². The van der Waals surface area contributed by atoms with E-state index in [0.717, 1.165) is 0 Å². The van der Waals surface area contributed by atoms with Crippen molar-refractivity contribution in [1.82, 2.24) is 0 Å². The molecule has 0 aromatic heterocycles. The Morgan fingerprint density at radius 3 is 2.29 bits per heavy atom. The van der Waals surface area contributed by atoms with Gasteiger partial charge in [-0.2, -0.15) is 0 Å². The molecule has 1 aromatic carbocycles. The van der Waals surface area contributed by atoms with Crippen molar-refractivity contribution < 1.29 is 14.8 Å². The Bertz CT molecular complexity index is 518. The predicted octanol–water partition coefficient (Wildman–Crippen LogP) is 3.63. The summed E-state index contributed by atoms with van der Waals surface area (Å²) in [6, 6.07) is 3.79. The highest BCUT2D eigenvalue weighted by Crippen LogP contribution is 2.28. The van der Waals surface area contributed by atoms with Crippen molar-refractivity contribution in [2.45, 2.75) is 27.7 Å². The van der Waals surface area contributed by atoms with Crippen LogP contribution in [-0.2, 0) is 0 Å². The average Bonchev–Trinajstić information content (AvgIpc) is 2.37. The van der Waals surface area contributed by atoms with E-state index in [2.05, 4.69) is 33.0 Å². The molecule has 0 amide bonds. The fraction of sp³-hybridized carbons (Fsp3) is 0.533. The minimum Gasteiger partial charge on any atom is -0.478 e. The van der Waals surface area contributed by atoms with Gasteiger partial charge in [-0.1, -0.05) is 27.7 Å². The van der Waals surface area contributed by atoms with Gasteiger partial charge in [0.25, 0.3) is 5.69 Å². The molecule has 0 aliphatic rings. The number of carboxylic acids is 1. The van der Waals surface area contributed by atoms with E-state index >= 15 is 0 Å². The first-order valence-corrected chi connectivity index (χ1v) is 6.99. The minimum atomic E-state index is -1.10. The van der Waals surface area contributed by atoms with E-state index in [-0.39, 0.29) is 16.9 Å². The standard InChI is InChI=1S/C15H22N2O4/c1-9(2)12(10(3)4)8-16-13-7-11(15(18)19)5-6-14(13)17(20)21/h5-7,9-10,12,16H,8H2,1-4H3,(H,18,19). The van der Waals surface area contributed by atoms with E-state index in [4.69, 9.17) is 5.11 Å². The van der Waals surface area contributed by atoms with E-state index in [9.17, 15) is 14.9 Å². The van der Waals surface area contributed by atoms with Crippen LogP contribution in [0.1, 0.15) is 38.1 Å². The molecular formula is C15H22N2O4. The maximum absolute atomic E-state index is 11.0. The third-order valence-corrected chi connectivity index (χ3v) is 3.68. The monoisotopic (exact) mass is 294 g/mol. The molecule has 0 radical (unpaired) electrons. The number of rotatable bonds is 7. The van der Waals surface area contributed by atoms with Gasteiger partial charge in [-0.15, -0.1) is 0 Å². The molecule has 0 saturated carbocycles. The number of anilines is 1. The summed E-state index contributed by atoms with van der Waals surface area (Å²) >= 11 is 0. The number of aromatic carboxylic acids is 1. The maximum atomic E-state index is 11.0. The van der Waals surface area contributed by atoms with Gasteiger partial charge in [0.2, 0.25) is 0 Å². The lowest BCUT2D eigenvalue weighted by atomic mass is 9.85. The molecule has 6 heteroatoms. The summed E-state index contributed by atoms with van der Waals surface area (Å²) in [4.78, 5) is 21.5. The molecule has 0 heterocycles. The zero-order valence-corrected chi connectivity index (χ0v) is 12.8. The van der Waals surface area contributed by atoms with Crippen molar-refractivity contribution >= 4 is 17.3 Å². The van der Waals surface area contributed by atoms with Crippen molar-refractivity contribution in [2.24, 2.45) is 17.8 Å². The zero-order valence-electron chi connectivity index (χ0n) is 12.8. The fourth-order valence-electron chi connectivity index (χ4n) is 2.44. The Balaban J connectivity index is 3.01. The molecule has 116 valence electrons. The molecule has 0 unspecified atom stereocenters. The lowest BCUT2D eigenvalue weighted by Gasteiger charge is -2.25. The summed E-state index contributed by atoms with van der Waals surface area (Å²) in [5.74, 6) is 0.105. The smallest absolute Gasteiger partial charge is 0.335 e. The first kappa shape index (κ1) is 16.9. The van der Waals surface area contributed by atoms with Crippen LogP contribution in [0, 0.1) is 27.9 Å². The summed E-state index contributed by atoms with van der Waals surface area (Å²) in [5.41, 5.74) is 0.186. The van der Waals surface area contributed by atoms with E-state index in [1.165, 1.54) is 18.2 Å². The highest BCUT2D eigenvalue weighted by atomic mass is 16.6. The molecule has 0 aliphatic heterocycles. The van der Waals surface area contributed by atoms with Crippen molar-refractivity contribution in [3.8, 4) is 0 Å². The van der Waals surface area contributed by atoms with E-state index in [0.29, 0.717) is 24.3 Å². The van der Waals surface area contributed by atoms with Gasteiger partial charge in [-0.05, 0) is 29.9 Å². The molecule has 0 atom stereocenters. The Hall–Kier alpha value is -2.11. The highest BCUT2D eigenvalue weighted by molar-refractivity contribution is 5.90. The van der Waals surface area contributed by atoms with Crippen molar-refractivity contribution in [2.75, 3.05) is 11.9 Å². The zero-order chi connectivity index (χ0) is 16.2. The first-order valence-electron chi connectivity index (χ1n) is 6.99. The summed E-state index contributed by atoms with van der Waals surface area (Å²) in [6.07, 6.45) is 0. The van der Waals surface area contributed by atoms with Crippen molar-refractivity contribution in [3.63, 3.8) is 0 Å². The van der Waals surface area contributed by atoms with Crippen LogP contribution in [0.2, 0.25) is 0 Å². The number of hydrogen-bond donors (Lipinski definition) is 2. The quantitative estimate of drug-likeness (QED) is 0.591. The lowest BCUT2D eigenvalue weighted by Crippen LogP contribution is -2.24. The van der Waals surface area contributed by atoms with Gasteiger partial charge >= 0.3 is 5.97 Å². The van der Waals surface area contributed by atoms with E-state index in [1.54, 1.807) is 0 Å². The molecule has 1 aromatic rings. The topological polar surface area (TPSA) is 92.5 Å². The summed E-state index contributed by atoms with van der Waals surface area (Å²) in [5, 5.41) is 23.1. The third kappa shape index (κ3) is 4.44. The number of carboxylic acid groups (broad SMARTS) is 1. The van der Waals surface area contributed by atoms with Crippen LogP contribution < -0.4 is 5.32 Å². The third-order valence-electron chi connectivity index (χ3n) is 3.68. The second-order valence-corrected chi connectivity index (χ2v) is 5.83. The summed E-state index contributed by atoms with van der Waals surface area (Å²) < 4.78 is 0. The average molecular weight is 294 g/mol. The largest absolute Gasteiger partial charge is 0.478 e. The van der Waals surface area contributed by atoms with Crippen molar-refractivity contribution in [1.29, 1.82) is 0 Å². The summed E-state index contributed by atoms with van der Waals surface area (Å²) in [6.45, 7) is 8.99. The number of nitro benzene ring substituents is 1. The SMILES string of the molecule is CC(C)C(CNc1cc(C(=O)O)ccc1[N+](=O)[O-])C(C)C. The van der Waals surface area contributed by atoms with Gasteiger partial charge in [-0.3, -0.25) is 10.1 Å². The minimum absolute atomic E-state index is 0.0359. The Morgan fingerprint density at radius 2 is 1.86 bits per heavy atom. The lowest BCUT2D eigenvalue weighted by molar-refractivity contribution is -0.384. The van der Waals surface area contributed by atoms with Gasteiger partial charge < -0.3 is 10.4 Å². The fourth-order valence-corrected chi connectivity index (χ4v) is 2.44. The molecule has 0 aliphatic carbocycles. The Kier molecular flexibility index (Phi) is 5.69. The van der Waals surface area contributed by atoms with Gasteiger partial charge in [0.05, 0.1) is 10.5 Å². The number of carbonyl (C=O) groups is 1. The molecule has 0 bridgehead atoms. The molecule has 1 rings (SSSR count). The molecule has 6 nitrogen and oxygen atoms in total. The van der Waals surface area contributed by atoms with Gasteiger partial charge in [0.1, 0.15) is 5.69 Å². The van der Waals surface area contributed by atoms with Crippen LogP contribution in [0.25, 0.3) is 0 Å². The Labute approximate surface area is 124 Å². The Morgan fingerprint density at radius 1 is 1.29 bits per heavy atom. The molecule has 21 heavy (non-hydrogen) atoms. The predicted molar refractivity (Wildman–Crippen MR) is 81.7 cm³/mol. The van der Waals surface area contributed by atoms with Gasteiger partial charge in [0, 0.05) is 12.6 Å². The van der Waals surface area contributed by atoms with Gasteiger partial charge in [0.15, 0.2) is 0 Å². The summed E-state index contributed by atoms with van der Waals surface area (Å²) in [7, 11) is 0. The normalized spacial score (nSPS) is 11.2. The second-order valence-electron chi connectivity index (χ2n) is 5.83. The number of nitro groups is 1. The highest BCUT2D eigenvalue weighted by Gasteiger charge is 2.21. The van der Waals surface area contributed by atoms with Crippen molar-refractivity contribution in [3.05, 3.63) is 33.9 Å². The number of nitrogens with zero attached hydrogens (tertiary/aromatic N) is 1. The molecule has 2 N–H and O–H groups in total. The maximum Gasteiger partial charge on any atom is 0.335 e. The first-order chi connectivity index (χ1) is 9.73. The van der Waals surface area contributed by atoms with Crippen LogP contribution in [0.4, 0.5) is 11.4 Å². The number of nitrogens with one attached hydrogen (secondary N) is 1. The number of benzene rings is 1. The second kappa shape index (κ2) is 7.06. The number of hydrogen-bond acceptors (Lipinski definition) is 4. The molecule has 0 spiro atoms. The molecular weight excluding hydrogens is 272 g/mol. The van der Waals surface area contributed by atoms with Gasteiger partial charge in [-0.25, -0.2) is 4.79 Å². The van der Waals surface area contributed by atoms with Crippen LogP contribution in [0.3, 0.4) is 0 Å². The van der Waals surface area contributed by atoms with Crippen LogP contribution in [0.15, 0.2) is 18.2 Å². The molecule has 0 saturated heterocycles. The molecule has 0 fully saturated rings. The van der Waals surface area contributed by atoms with E-state index in [1.807, 2.05) is 0 Å². The van der Waals surface area contributed by atoms with Crippen LogP contribution in [-0.4, -0.2) is 22.5 Å².